The molecule has 0 aliphatic rings. The van der Waals surface area contributed by atoms with Crippen molar-refractivity contribution >= 4 is 17.5 Å². The van der Waals surface area contributed by atoms with Gasteiger partial charge < -0.3 is 15.1 Å². The van der Waals surface area contributed by atoms with Crippen molar-refractivity contribution in [2.24, 2.45) is 0 Å². The van der Waals surface area contributed by atoms with Gasteiger partial charge in [0, 0.05) is 17.8 Å². The van der Waals surface area contributed by atoms with Crippen LogP contribution in [0, 0.1) is 12.7 Å². The van der Waals surface area contributed by atoms with Gasteiger partial charge in [-0.1, -0.05) is 18.2 Å². The number of rotatable bonds is 5. The zero-order valence-corrected chi connectivity index (χ0v) is 14.1. The van der Waals surface area contributed by atoms with Crippen molar-refractivity contribution in [1.29, 1.82) is 0 Å². The van der Waals surface area contributed by atoms with E-state index >= 15 is 0 Å². The summed E-state index contributed by atoms with van der Waals surface area (Å²) in [5, 5.41) is 5.47. The molecule has 0 fully saturated rings. The van der Waals surface area contributed by atoms with Crippen molar-refractivity contribution in [1.82, 2.24) is 5.32 Å². The SMILES string of the molecule is Cc1ccc(F)cc1C(=O)NCc1ccc(NC(=O)c2ccco2)cc1. The molecule has 3 aromatic rings. The number of anilines is 1. The molecule has 2 aromatic carbocycles. The lowest BCUT2D eigenvalue weighted by Gasteiger charge is -2.09. The van der Waals surface area contributed by atoms with Crippen LogP contribution in [0.15, 0.2) is 65.3 Å². The lowest BCUT2D eigenvalue weighted by atomic mass is 10.1. The Morgan fingerprint density at radius 2 is 1.81 bits per heavy atom. The van der Waals surface area contributed by atoms with Crippen molar-refractivity contribution in [2.75, 3.05) is 5.32 Å². The summed E-state index contributed by atoms with van der Waals surface area (Å²) in [5.74, 6) is -0.890. The first-order chi connectivity index (χ1) is 12.5. The number of aryl methyl sites for hydroxylation is 1. The zero-order chi connectivity index (χ0) is 18.5. The fraction of sp³-hybridized carbons (Fsp3) is 0.100. The second kappa shape index (κ2) is 7.65. The number of hydrogen-bond donors (Lipinski definition) is 2. The molecule has 3 rings (SSSR count). The van der Waals surface area contributed by atoms with Gasteiger partial charge in [0.1, 0.15) is 5.82 Å². The lowest BCUT2D eigenvalue weighted by molar-refractivity contribution is 0.0948. The fourth-order valence-corrected chi connectivity index (χ4v) is 2.42. The molecule has 1 heterocycles. The van der Waals surface area contributed by atoms with Crippen molar-refractivity contribution in [3.63, 3.8) is 0 Å². The third kappa shape index (κ3) is 4.16. The smallest absolute Gasteiger partial charge is 0.291 e. The summed E-state index contributed by atoms with van der Waals surface area (Å²) in [7, 11) is 0. The third-order valence-corrected chi connectivity index (χ3v) is 3.85. The van der Waals surface area contributed by atoms with E-state index in [1.54, 1.807) is 49.4 Å². The summed E-state index contributed by atoms with van der Waals surface area (Å²) in [6.45, 7) is 2.05. The van der Waals surface area contributed by atoms with Crippen LogP contribution in [-0.2, 0) is 6.54 Å². The summed E-state index contributed by atoms with van der Waals surface area (Å²) in [6.07, 6.45) is 1.43. The average molecular weight is 352 g/mol. The van der Waals surface area contributed by atoms with Gasteiger partial charge in [-0.25, -0.2) is 4.39 Å². The summed E-state index contributed by atoms with van der Waals surface area (Å²) in [4.78, 5) is 24.1. The Morgan fingerprint density at radius 1 is 1.04 bits per heavy atom. The van der Waals surface area contributed by atoms with Crippen LogP contribution in [0.1, 0.15) is 32.0 Å². The molecule has 1 aromatic heterocycles. The minimum Gasteiger partial charge on any atom is -0.459 e. The predicted octanol–water partition coefficient (Wildman–Crippen LogP) is 3.91. The number of furan rings is 1. The molecule has 0 aliphatic carbocycles. The number of carbonyl (C=O) groups excluding carboxylic acids is 2. The van der Waals surface area contributed by atoms with E-state index in [4.69, 9.17) is 4.42 Å². The van der Waals surface area contributed by atoms with Crippen LogP contribution in [0.3, 0.4) is 0 Å². The quantitative estimate of drug-likeness (QED) is 0.731. The molecule has 132 valence electrons. The molecule has 5 nitrogen and oxygen atoms in total. The van der Waals surface area contributed by atoms with E-state index < -0.39 is 5.82 Å². The maximum absolute atomic E-state index is 13.3. The largest absolute Gasteiger partial charge is 0.459 e. The van der Waals surface area contributed by atoms with Crippen molar-refractivity contribution in [3.05, 3.63) is 89.1 Å². The summed E-state index contributed by atoms with van der Waals surface area (Å²) < 4.78 is 18.3. The second-order valence-corrected chi connectivity index (χ2v) is 5.77. The Morgan fingerprint density at radius 3 is 2.50 bits per heavy atom. The van der Waals surface area contributed by atoms with Gasteiger partial charge in [-0.3, -0.25) is 9.59 Å². The molecule has 2 N–H and O–H groups in total. The number of benzene rings is 2. The molecule has 0 saturated heterocycles. The predicted molar refractivity (Wildman–Crippen MR) is 95.4 cm³/mol. The van der Waals surface area contributed by atoms with Crippen LogP contribution in [-0.4, -0.2) is 11.8 Å². The molecule has 0 bridgehead atoms. The van der Waals surface area contributed by atoms with Crippen molar-refractivity contribution in [2.45, 2.75) is 13.5 Å². The van der Waals surface area contributed by atoms with E-state index in [1.165, 1.54) is 18.4 Å². The molecule has 0 radical (unpaired) electrons. The van der Waals surface area contributed by atoms with Gasteiger partial charge in [0.05, 0.1) is 6.26 Å². The van der Waals surface area contributed by atoms with Gasteiger partial charge in [0.2, 0.25) is 0 Å². The monoisotopic (exact) mass is 352 g/mol. The van der Waals surface area contributed by atoms with Gasteiger partial charge in [0.15, 0.2) is 5.76 Å². The van der Waals surface area contributed by atoms with Crippen LogP contribution in [0.5, 0.6) is 0 Å². The normalized spacial score (nSPS) is 10.4. The van der Waals surface area contributed by atoms with Crippen LogP contribution < -0.4 is 10.6 Å². The van der Waals surface area contributed by atoms with E-state index in [0.717, 1.165) is 5.56 Å². The first-order valence-electron chi connectivity index (χ1n) is 8.01. The van der Waals surface area contributed by atoms with Crippen LogP contribution in [0.2, 0.25) is 0 Å². The first kappa shape index (κ1) is 17.4. The molecule has 0 atom stereocenters. The molecule has 0 saturated carbocycles. The van der Waals surface area contributed by atoms with Gasteiger partial charge in [-0.2, -0.15) is 0 Å². The standard InChI is InChI=1S/C20H17FN2O3/c1-13-4-7-15(21)11-17(13)19(24)22-12-14-5-8-16(9-6-14)23-20(25)18-3-2-10-26-18/h2-11H,12H2,1H3,(H,22,24)(H,23,25). The van der Waals surface area contributed by atoms with E-state index in [9.17, 15) is 14.0 Å². The molecule has 26 heavy (non-hydrogen) atoms. The first-order valence-corrected chi connectivity index (χ1v) is 8.01. The fourth-order valence-electron chi connectivity index (χ4n) is 2.42. The number of hydrogen-bond acceptors (Lipinski definition) is 3. The minimum atomic E-state index is -0.447. The number of carbonyl (C=O) groups is 2. The molecular weight excluding hydrogens is 335 g/mol. The van der Waals surface area contributed by atoms with Gasteiger partial charge in [0.25, 0.3) is 11.8 Å². The highest BCUT2D eigenvalue weighted by Gasteiger charge is 2.11. The molecule has 2 amide bonds. The lowest BCUT2D eigenvalue weighted by Crippen LogP contribution is -2.23. The van der Waals surface area contributed by atoms with Gasteiger partial charge in [-0.05, 0) is 54.4 Å². The molecule has 6 heteroatoms. The molecule has 0 spiro atoms. The van der Waals surface area contributed by atoms with Crippen molar-refractivity contribution in [3.8, 4) is 0 Å². The minimum absolute atomic E-state index is 0.229. The third-order valence-electron chi connectivity index (χ3n) is 3.85. The Bertz CT molecular complexity index is 919. The highest BCUT2D eigenvalue weighted by Crippen LogP contribution is 2.13. The van der Waals surface area contributed by atoms with Crippen LogP contribution in [0.4, 0.5) is 10.1 Å². The summed E-state index contributed by atoms with van der Waals surface area (Å²) >= 11 is 0. The maximum atomic E-state index is 13.3. The summed E-state index contributed by atoms with van der Waals surface area (Å²) in [6, 6.07) is 14.4. The highest BCUT2D eigenvalue weighted by molar-refractivity contribution is 6.02. The number of nitrogens with one attached hydrogen (secondary N) is 2. The Labute approximate surface area is 149 Å². The van der Waals surface area contributed by atoms with E-state index in [2.05, 4.69) is 10.6 Å². The van der Waals surface area contributed by atoms with E-state index in [0.29, 0.717) is 23.4 Å². The number of halogens is 1. The van der Waals surface area contributed by atoms with E-state index in [1.807, 2.05) is 0 Å². The Kier molecular flexibility index (Phi) is 5.12. The van der Waals surface area contributed by atoms with E-state index in [-0.39, 0.29) is 17.6 Å². The maximum Gasteiger partial charge on any atom is 0.291 e. The highest BCUT2D eigenvalue weighted by atomic mass is 19.1. The Hall–Kier alpha value is -3.41. The zero-order valence-electron chi connectivity index (χ0n) is 14.1. The number of amides is 2. The van der Waals surface area contributed by atoms with Gasteiger partial charge >= 0.3 is 0 Å². The topological polar surface area (TPSA) is 71.3 Å². The molecular formula is C20H17FN2O3. The van der Waals surface area contributed by atoms with Crippen LogP contribution >= 0.6 is 0 Å². The van der Waals surface area contributed by atoms with Crippen LogP contribution in [0.25, 0.3) is 0 Å². The molecule has 0 aliphatic heterocycles. The Balaban J connectivity index is 1.58. The molecule has 0 unspecified atom stereocenters. The van der Waals surface area contributed by atoms with Gasteiger partial charge in [-0.15, -0.1) is 0 Å². The average Bonchev–Trinajstić information content (AvgIpc) is 3.18. The second-order valence-electron chi connectivity index (χ2n) is 5.77. The summed E-state index contributed by atoms with van der Waals surface area (Å²) in [5.41, 5.74) is 2.48. The van der Waals surface area contributed by atoms with Crippen molar-refractivity contribution < 1.29 is 18.4 Å².